The van der Waals surface area contributed by atoms with Gasteiger partial charge in [-0.05, 0) is 85.8 Å². The Morgan fingerprint density at radius 3 is 1.12 bits per heavy atom. The van der Waals surface area contributed by atoms with Gasteiger partial charge in [0.25, 0.3) is 0 Å². The van der Waals surface area contributed by atoms with Crippen molar-refractivity contribution in [3.63, 3.8) is 0 Å². The molecule has 48 heavy (non-hydrogen) atoms. The zero-order valence-electron chi connectivity index (χ0n) is 26.8. The Morgan fingerprint density at radius 2 is 0.729 bits per heavy atom. The van der Waals surface area contributed by atoms with E-state index < -0.39 is 0 Å². The average Bonchev–Trinajstić information content (AvgIpc) is 3.92. The molecule has 0 spiro atoms. The van der Waals surface area contributed by atoms with Crippen LogP contribution in [0.1, 0.15) is 120 Å². The number of allylic oxidation sites excluding steroid dienone is 12. The number of fused-ring (bicyclic) bond motifs is 12. The van der Waals surface area contributed by atoms with Gasteiger partial charge in [0.2, 0.25) is 0 Å². The van der Waals surface area contributed by atoms with Gasteiger partial charge in [-0.3, -0.25) is 0 Å². The fraction of sp³-hybridized carbons (Fsp3) is 0.381. The average molecular weight is 625 g/mol. The molecule has 0 saturated heterocycles. The number of aromatic nitrogens is 6. The summed E-state index contributed by atoms with van der Waals surface area (Å²) in [5.41, 5.74) is 17.8. The molecule has 0 saturated carbocycles. The van der Waals surface area contributed by atoms with Crippen LogP contribution in [0.5, 0.6) is 0 Å². The standard InChI is InChI=1S/C42H36N6/c1-9-23-10-2-19(1)31-27-17-28-32-20-3-11-24(12-4-20)36(32)41(44-28)48-42-38-26-15-7-22(8-16-26)34(38)30(46-42)18-29-33-21-5-13-25(14-6-21)37(33)40(45-29)47-39(43-27)35(23)31/h1,3,5,7,9,11,13,15,17-26H,2,4,6,8,10,12,14,16H2,(H,43,45,47)(H,44,46,48). The highest BCUT2D eigenvalue weighted by molar-refractivity contribution is 6.00. The number of H-pyrrole nitrogens is 2. The number of aromatic amines is 2. The molecular weight excluding hydrogens is 589 g/mol. The topological polar surface area (TPSA) is 83.1 Å². The van der Waals surface area contributed by atoms with E-state index in [2.05, 4.69) is 70.7 Å². The lowest BCUT2D eigenvalue weighted by Crippen LogP contribution is -2.19. The highest BCUT2D eigenvalue weighted by Crippen LogP contribution is 2.55. The van der Waals surface area contributed by atoms with Crippen molar-refractivity contribution in [2.24, 2.45) is 23.7 Å². The van der Waals surface area contributed by atoms with Gasteiger partial charge in [-0.25, -0.2) is 19.9 Å². The zero-order chi connectivity index (χ0) is 30.8. The first-order valence-electron chi connectivity index (χ1n) is 18.5. The first-order valence-corrected chi connectivity index (χ1v) is 18.5. The monoisotopic (exact) mass is 624 g/mol. The summed E-state index contributed by atoms with van der Waals surface area (Å²) >= 11 is 0. The summed E-state index contributed by atoms with van der Waals surface area (Å²) in [6, 6.07) is 4.73. The van der Waals surface area contributed by atoms with Crippen molar-refractivity contribution in [3.05, 3.63) is 106 Å². The molecule has 6 heteroatoms. The third kappa shape index (κ3) is 3.11. The molecular formula is C42H36N6. The Bertz CT molecular complexity index is 2260. The molecule has 8 atom stereocenters. The fourth-order valence-electron chi connectivity index (χ4n) is 11.6. The van der Waals surface area contributed by atoms with Crippen molar-refractivity contribution >= 4 is 44.6 Å². The summed E-state index contributed by atoms with van der Waals surface area (Å²) in [4.78, 5) is 29.8. The molecule has 0 amide bonds. The van der Waals surface area contributed by atoms with Crippen LogP contribution in [0.2, 0.25) is 0 Å². The smallest absolute Gasteiger partial charge is 0.159 e. The van der Waals surface area contributed by atoms with Crippen LogP contribution in [0.4, 0.5) is 0 Å². The normalized spacial score (nSPS) is 33.5. The summed E-state index contributed by atoms with van der Waals surface area (Å²) in [6.45, 7) is 0. The molecule has 0 radical (unpaired) electrons. The fourth-order valence-corrected chi connectivity index (χ4v) is 11.6. The highest BCUT2D eigenvalue weighted by atomic mass is 15.0. The van der Waals surface area contributed by atoms with Crippen LogP contribution in [0, 0.1) is 23.7 Å². The molecule has 234 valence electrons. The minimum atomic E-state index is 0.381. The molecule has 16 bridgehead atoms. The maximum atomic E-state index is 5.54. The lowest BCUT2D eigenvalue weighted by Gasteiger charge is -2.33. The summed E-state index contributed by atoms with van der Waals surface area (Å²) in [6.07, 6.45) is 29.0. The van der Waals surface area contributed by atoms with E-state index in [1.54, 1.807) is 0 Å². The molecule has 5 heterocycles. The van der Waals surface area contributed by atoms with Crippen LogP contribution in [0.15, 0.2) is 60.7 Å². The maximum absolute atomic E-state index is 5.54. The molecule has 2 N–H and O–H groups in total. The second kappa shape index (κ2) is 8.71. The van der Waals surface area contributed by atoms with Crippen LogP contribution in [-0.4, -0.2) is 29.9 Å². The molecule has 0 aromatic carbocycles. The molecule has 0 fully saturated rings. The molecule has 17 rings (SSSR count). The second-order valence-corrected chi connectivity index (χ2v) is 15.9. The lowest BCUT2D eigenvalue weighted by molar-refractivity contribution is 0.556. The van der Waals surface area contributed by atoms with Gasteiger partial charge in [0.15, 0.2) is 11.6 Å². The van der Waals surface area contributed by atoms with Gasteiger partial charge in [0, 0.05) is 80.6 Å². The van der Waals surface area contributed by atoms with E-state index in [0.717, 1.165) is 34.3 Å². The molecule has 3 aromatic heterocycles. The van der Waals surface area contributed by atoms with E-state index in [4.69, 9.17) is 19.9 Å². The minimum absolute atomic E-state index is 0.381. The molecule has 2 aliphatic heterocycles. The van der Waals surface area contributed by atoms with Crippen LogP contribution in [0.25, 0.3) is 44.6 Å². The number of nitrogens with one attached hydrogen (secondary N) is 2. The van der Waals surface area contributed by atoms with E-state index in [-0.39, 0.29) is 0 Å². The van der Waals surface area contributed by atoms with Gasteiger partial charge in [0.1, 0.15) is 11.3 Å². The summed E-state index contributed by atoms with van der Waals surface area (Å²) < 4.78 is 0. The minimum Gasteiger partial charge on any atom is -0.340 e. The van der Waals surface area contributed by atoms with Crippen molar-refractivity contribution in [3.8, 4) is 0 Å². The SMILES string of the molecule is C1=CC2CCC1C1=C2c2nc1cc1nc(nc3[nH]c(cc4[nH]c(n2)c2c4C4C=CC2CC4)c2c3C3C=CC2CC3)C2=C1C1C=CC2CC1. The molecule has 12 aliphatic carbocycles. The third-order valence-electron chi connectivity index (χ3n) is 13.7. The quantitative estimate of drug-likeness (QED) is 0.244. The summed E-state index contributed by atoms with van der Waals surface area (Å²) in [5.74, 6) is 5.05. The van der Waals surface area contributed by atoms with E-state index >= 15 is 0 Å². The largest absolute Gasteiger partial charge is 0.340 e. The van der Waals surface area contributed by atoms with Crippen LogP contribution < -0.4 is 0 Å². The Hall–Kier alpha value is -4.58. The highest BCUT2D eigenvalue weighted by Gasteiger charge is 2.42. The van der Waals surface area contributed by atoms with Gasteiger partial charge in [-0.15, -0.1) is 0 Å². The third-order valence-corrected chi connectivity index (χ3v) is 13.7. The van der Waals surface area contributed by atoms with Crippen molar-refractivity contribution < 1.29 is 0 Å². The van der Waals surface area contributed by atoms with Gasteiger partial charge < -0.3 is 9.97 Å². The second-order valence-electron chi connectivity index (χ2n) is 15.9. The predicted octanol–water partition coefficient (Wildman–Crippen LogP) is 9.18. The Kier molecular flexibility index (Phi) is 4.61. The Labute approximate surface area is 278 Å². The van der Waals surface area contributed by atoms with E-state index in [0.29, 0.717) is 47.3 Å². The van der Waals surface area contributed by atoms with Crippen LogP contribution in [0.3, 0.4) is 0 Å². The Balaban J connectivity index is 1.19. The first kappa shape index (κ1) is 25.4. The van der Waals surface area contributed by atoms with E-state index in [1.165, 1.54) is 107 Å². The zero-order valence-corrected chi connectivity index (χ0v) is 26.8. The summed E-state index contributed by atoms with van der Waals surface area (Å²) in [5, 5.41) is 0. The molecule has 3 aromatic rings. The van der Waals surface area contributed by atoms with Crippen molar-refractivity contribution in [1.82, 2.24) is 29.9 Å². The van der Waals surface area contributed by atoms with E-state index in [9.17, 15) is 0 Å². The molecule has 14 aliphatic rings. The predicted molar refractivity (Wildman–Crippen MR) is 189 cm³/mol. The first-order chi connectivity index (χ1) is 23.7. The van der Waals surface area contributed by atoms with Gasteiger partial charge in [-0.2, -0.15) is 0 Å². The van der Waals surface area contributed by atoms with E-state index in [1.807, 2.05) is 0 Å². The molecule has 6 nitrogen and oxygen atoms in total. The van der Waals surface area contributed by atoms with Gasteiger partial charge in [0.05, 0.1) is 11.4 Å². The van der Waals surface area contributed by atoms with Gasteiger partial charge in [-0.1, -0.05) is 48.6 Å². The van der Waals surface area contributed by atoms with Gasteiger partial charge >= 0.3 is 0 Å². The van der Waals surface area contributed by atoms with Crippen molar-refractivity contribution in [2.45, 2.75) is 75.0 Å². The number of hydrogen-bond donors (Lipinski definition) is 2. The van der Waals surface area contributed by atoms with Crippen molar-refractivity contribution in [2.75, 3.05) is 0 Å². The molecule has 8 unspecified atom stereocenters. The number of rotatable bonds is 0. The van der Waals surface area contributed by atoms with Crippen LogP contribution in [-0.2, 0) is 0 Å². The van der Waals surface area contributed by atoms with Crippen molar-refractivity contribution in [1.29, 1.82) is 0 Å². The summed E-state index contributed by atoms with van der Waals surface area (Å²) in [7, 11) is 0. The van der Waals surface area contributed by atoms with Crippen LogP contribution >= 0.6 is 0 Å². The Morgan fingerprint density at radius 1 is 0.375 bits per heavy atom. The number of nitrogens with zero attached hydrogens (tertiary/aromatic N) is 4. The number of hydrogen-bond acceptors (Lipinski definition) is 4. The maximum Gasteiger partial charge on any atom is 0.159 e. The lowest BCUT2D eigenvalue weighted by atomic mass is 9.70.